The molecule has 3 heteroatoms. The van der Waals surface area contributed by atoms with E-state index in [-0.39, 0.29) is 0 Å². The molecule has 1 heterocycles. The van der Waals surface area contributed by atoms with E-state index >= 15 is 0 Å². The third kappa shape index (κ3) is 2.74. The first kappa shape index (κ1) is 11.9. The number of nitrogens with zero attached hydrogens (tertiary/aromatic N) is 1. The molecule has 0 aliphatic heterocycles. The lowest BCUT2D eigenvalue weighted by atomic mass is 9.77. The number of halogens is 1. The maximum absolute atomic E-state index is 5.91. The van der Waals surface area contributed by atoms with Crippen molar-refractivity contribution in [3.05, 3.63) is 29.0 Å². The number of nitrogens with two attached hydrogens (primary N) is 1. The SMILES string of the molecule is NCC(c1ccc(Cl)nc1)C1CCCCC1. The maximum Gasteiger partial charge on any atom is 0.129 e. The van der Waals surface area contributed by atoms with E-state index in [1.165, 1.54) is 37.7 Å². The second kappa shape index (κ2) is 5.65. The van der Waals surface area contributed by atoms with Crippen molar-refractivity contribution >= 4 is 11.6 Å². The predicted octanol–water partition coefficient (Wildman–Crippen LogP) is 3.36. The fraction of sp³-hybridized carbons (Fsp3) is 0.615. The van der Waals surface area contributed by atoms with Crippen LogP contribution in [0.15, 0.2) is 18.3 Å². The fourth-order valence-corrected chi connectivity index (χ4v) is 2.86. The van der Waals surface area contributed by atoms with Gasteiger partial charge in [-0.05, 0) is 36.9 Å². The minimum absolute atomic E-state index is 0.463. The Bertz CT molecular complexity index is 317. The van der Waals surface area contributed by atoms with Gasteiger partial charge in [-0.15, -0.1) is 0 Å². The molecule has 1 aromatic rings. The molecule has 1 saturated carbocycles. The third-order valence-electron chi connectivity index (χ3n) is 3.65. The molecule has 2 N–H and O–H groups in total. The minimum atomic E-state index is 0.463. The highest BCUT2D eigenvalue weighted by molar-refractivity contribution is 6.29. The first-order valence-electron chi connectivity index (χ1n) is 6.13. The summed E-state index contributed by atoms with van der Waals surface area (Å²) in [7, 11) is 0. The first-order chi connectivity index (χ1) is 7.81. The lowest BCUT2D eigenvalue weighted by Gasteiger charge is -2.29. The van der Waals surface area contributed by atoms with Crippen LogP contribution < -0.4 is 5.73 Å². The largest absolute Gasteiger partial charge is 0.330 e. The van der Waals surface area contributed by atoms with Gasteiger partial charge in [-0.25, -0.2) is 4.98 Å². The topological polar surface area (TPSA) is 38.9 Å². The average Bonchev–Trinajstić information content (AvgIpc) is 2.34. The monoisotopic (exact) mass is 238 g/mol. The van der Waals surface area contributed by atoms with E-state index in [0.29, 0.717) is 17.6 Å². The summed E-state index contributed by atoms with van der Waals surface area (Å²) in [5.41, 5.74) is 7.16. The molecule has 2 rings (SSSR count). The second-order valence-electron chi connectivity index (χ2n) is 4.65. The predicted molar refractivity (Wildman–Crippen MR) is 67.6 cm³/mol. The zero-order valence-electron chi connectivity index (χ0n) is 9.53. The smallest absolute Gasteiger partial charge is 0.129 e. The van der Waals surface area contributed by atoms with Gasteiger partial charge < -0.3 is 5.73 Å². The summed E-state index contributed by atoms with van der Waals surface area (Å²) < 4.78 is 0. The standard InChI is InChI=1S/C13H19ClN2/c14-13-7-6-11(9-16-13)12(8-15)10-4-2-1-3-5-10/h6-7,9-10,12H,1-5,8,15H2. The average molecular weight is 239 g/mol. The lowest BCUT2D eigenvalue weighted by Crippen LogP contribution is -2.23. The molecule has 0 radical (unpaired) electrons. The van der Waals surface area contributed by atoms with Crippen LogP contribution >= 0.6 is 11.6 Å². The van der Waals surface area contributed by atoms with Gasteiger partial charge in [0.2, 0.25) is 0 Å². The maximum atomic E-state index is 5.91. The summed E-state index contributed by atoms with van der Waals surface area (Å²) >= 11 is 5.80. The van der Waals surface area contributed by atoms with Crippen LogP contribution in [0, 0.1) is 5.92 Å². The number of rotatable bonds is 3. The van der Waals surface area contributed by atoms with Crippen LogP contribution in [0.5, 0.6) is 0 Å². The van der Waals surface area contributed by atoms with E-state index < -0.39 is 0 Å². The van der Waals surface area contributed by atoms with Crippen molar-refractivity contribution in [1.29, 1.82) is 0 Å². The van der Waals surface area contributed by atoms with E-state index in [1.54, 1.807) is 0 Å². The Morgan fingerprint density at radius 1 is 1.31 bits per heavy atom. The van der Waals surface area contributed by atoms with Crippen LogP contribution in [0.2, 0.25) is 5.15 Å². The van der Waals surface area contributed by atoms with Gasteiger partial charge in [0.25, 0.3) is 0 Å². The molecule has 0 spiro atoms. The van der Waals surface area contributed by atoms with Crippen LogP contribution in [0.1, 0.15) is 43.6 Å². The van der Waals surface area contributed by atoms with Gasteiger partial charge in [0.05, 0.1) is 0 Å². The van der Waals surface area contributed by atoms with Gasteiger partial charge in [0.15, 0.2) is 0 Å². The van der Waals surface area contributed by atoms with Crippen LogP contribution in [-0.2, 0) is 0 Å². The van der Waals surface area contributed by atoms with Crippen LogP contribution in [-0.4, -0.2) is 11.5 Å². The molecule has 16 heavy (non-hydrogen) atoms. The summed E-state index contributed by atoms with van der Waals surface area (Å²) in [5.74, 6) is 1.20. The van der Waals surface area contributed by atoms with E-state index in [0.717, 1.165) is 5.92 Å². The van der Waals surface area contributed by atoms with Crippen molar-refractivity contribution in [2.45, 2.75) is 38.0 Å². The highest BCUT2D eigenvalue weighted by Gasteiger charge is 2.23. The van der Waals surface area contributed by atoms with Gasteiger partial charge in [-0.2, -0.15) is 0 Å². The van der Waals surface area contributed by atoms with Crippen LogP contribution in [0.25, 0.3) is 0 Å². The van der Waals surface area contributed by atoms with E-state index in [9.17, 15) is 0 Å². The molecule has 1 aliphatic carbocycles. The highest BCUT2D eigenvalue weighted by Crippen LogP contribution is 2.35. The van der Waals surface area contributed by atoms with Gasteiger partial charge in [0.1, 0.15) is 5.15 Å². The zero-order valence-corrected chi connectivity index (χ0v) is 10.3. The molecule has 1 atom stereocenters. The van der Waals surface area contributed by atoms with E-state index in [4.69, 9.17) is 17.3 Å². The number of hydrogen-bond donors (Lipinski definition) is 1. The van der Waals surface area contributed by atoms with Gasteiger partial charge in [0, 0.05) is 12.1 Å². The quantitative estimate of drug-likeness (QED) is 0.821. The lowest BCUT2D eigenvalue weighted by molar-refractivity contribution is 0.307. The molecule has 0 bridgehead atoms. The van der Waals surface area contributed by atoms with Gasteiger partial charge in [-0.3, -0.25) is 0 Å². The molecule has 1 aliphatic rings. The van der Waals surface area contributed by atoms with E-state index in [2.05, 4.69) is 11.1 Å². The van der Waals surface area contributed by atoms with Crippen LogP contribution in [0.3, 0.4) is 0 Å². The Hall–Kier alpha value is -0.600. The molecular weight excluding hydrogens is 220 g/mol. The molecule has 88 valence electrons. The van der Waals surface area contributed by atoms with Crippen molar-refractivity contribution in [2.24, 2.45) is 11.7 Å². The van der Waals surface area contributed by atoms with Crippen molar-refractivity contribution < 1.29 is 0 Å². The molecular formula is C13H19ClN2. The highest BCUT2D eigenvalue weighted by atomic mass is 35.5. The molecule has 1 unspecified atom stereocenters. The number of aromatic nitrogens is 1. The van der Waals surface area contributed by atoms with Crippen molar-refractivity contribution in [3.8, 4) is 0 Å². The summed E-state index contributed by atoms with van der Waals surface area (Å²) in [6, 6.07) is 3.93. The normalized spacial score (nSPS) is 19.6. The Morgan fingerprint density at radius 3 is 2.62 bits per heavy atom. The number of hydrogen-bond acceptors (Lipinski definition) is 2. The Labute approximate surface area is 102 Å². The summed E-state index contributed by atoms with van der Waals surface area (Å²) in [6.45, 7) is 0.716. The van der Waals surface area contributed by atoms with Gasteiger partial charge >= 0.3 is 0 Å². The minimum Gasteiger partial charge on any atom is -0.330 e. The third-order valence-corrected chi connectivity index (χ3v) is 3.87. The Kier molecular flexibility index (Phi) is 4.19. The Morgan fingerprint density at radius 2 is 2.06 bits per heavy atom. The first-order valence-corrected chi connectivity index (χ1v) is 6.50. The molecule has 0 amide bonds. The van der Waals surface area contributed by atoms with Crippen molar-refractivity contribution in [2.75, 3.05) is 6.54 Å². The molecule has 1 aromatic heterocycles. The van der Waals surface area contributed by atoms with Gasteiger partial charge in [-0.1, -0.05) is 36.9 Å². The molecule has 1 fully saturated rings. The van der Waals surface area contributed by atoms with Crippen molar-refractivity contribution in [3.63, 3.8) is 0 Å². The molecule has 0 aromatic carbocycles. The van der Waals surface area contributed by atoms with Crippen molar-refractivity contribution in [1.82, 2.24) is 4.98 Å². The summed E-state index contributed by atoms with van der Waals surface area (Å²) in [5, 5.41) is 0.558. The number of pyridine rings is 1. The molecule has 0 saturated heterocycles. The fourth-order valence-electron chi connectivity index (χ4n) is 2.74. The van der Waals surface area contributed by atoms with E-state index in [1.807, 2.05) is 12.3 Å². The molecule has 2 nitrogen and oxygen atoms in total. The Balaban J connectivity index is 2.11. The second-order valence-corrected chi connectivity index (χ2v) is 5.04. The summed E-state index contributed by atoms with van der Waals surface area (Å²) in [6.07, 6.45) is 8.58. The summed E-state index contributed by atoms with van der Waals surface area (Å²) in [4.78, 5) is 4.15. The zero-order chi connectivity index (χ0) is 11.4. The van der Waals surface area contributed by atoms with Crippen LogP contribution in [0.4, 0.5) is 0 Å².